The molecule has 3 heterocycles. The molecule has 0 aromatic carbocycles. The Morgan fingerprint density at radius 1 is 1.37 bits per heavy atom. The summed E-state index contributed by atoms with van der Waals surface area (Å²) < 4.78 is 45.3. The Balaban J connectivity index is 2.03. The molecule has 0 saturated heterocycles. The van der Waals surface area contributed by atoms with Gasteiger partial charge >= 0.3 is 18.2 Å². The topological polar surface area (TPSA) is 146 Å². The number of carbonyl (C=O) groups is 2. The Kier molecular flexibility index (Phi) is 8.27. The fourth-order valence-electron chi connectivity index (χ4n) is 3.46. The number of dihydropyridines is 1. The number of urea groups is 1. The molecule has 2 atom stereocenters. The summed E-state index contributed by atoms with van der Waals surface area (Å²) in [5.41, 5.74) is -0.223. The van der Waals surface area contributed by atoms with Gasteiger partial charge in [-0.15, -0.1) is 11.3 Å². The van der Waals surface area contributed by atoms with Gasteiger partial charge in [0, 0.05) is 24.5 Å². The summed E-state index contributed by atoms with van der Waals surface area (Å²) >= 11 is 0.785. The average molecular weight is 516 g/mol. The number of hydrogen-bond acceptors (Lipinski definition) is 8. The number of alkyl halides is 3. The SMILES string of the molecule is CCNC(=O)NC1=NCC(C2CC(C(=O)O)=CN=C2OCC(C)O)=C(c2nc(C(F)(F)F)cs2)C1. The van der Waals surface area contributed by atoms with Gasteiger partial charge in [-0.25, -0.2) is 19.6 Å². The van der Waals surface area contributed by atoms with E-state index in [1.165, 1.54) is 6.92 Å². The van der Waals surface area contributed by atoms with Crippen LogP contribution in [0.2, 0.25) is 0 Å². The van der Waals surface area contributed by atoms with Crippen LogP contribution in [0.1, 0.15) is 37.4 Å². The second-order valence-electron chi connectivity index (χ2n) is 7.81. The summed E-state index contributed by atoms with van der Waals surface area (Å²) in [4.78, 5) is 35.8. The number of nitrogens with one attached hydrogen (secondary N) is 2. The van der Waals surface area contributed by atoms with E-state index in [1.807, 2.05) is 0 Å². The molecule has 0 fully saturated rings. The highest BCUT2D eigenvalue weighted by Crippen LogP contribution is 2.39. The lowest BCUT2D eigenvalue weighted by Crippen LogP contribution is -2.41. The number of halogens is 3. The van der Waals surface area contributed by atoms with E-state index < -0.39 is 35.9 Å². The van der Waals surface area contributed by atoms with Gasteiger partial charge in [0.1, 0.15) is 17.5 Å². The maximum absolute atomic E-state index is 13.2. The number of carboxylic acid groups (broad SMARTS) is 1. The molecule has 2 amide bonds. The number of hydrogen-bond donors (Lipinski definition) is 4. The molecule has 2 unspecified atom stereocenters. The van der Waals surface area contributed by atoms with Crippen molar-refractivity contribution in [3.8, 4) is 0 Å². The number of aliphatic hydroxyl groups excluding tert-OH is 1. The number of rotatable bonds is 6. The van der Waals surface area contributed by atoms with Crippen molar-refractivity contribution in [1.29, 1.82) is 0 Å². The summed E-state index contributed by atoms with van der Waals surface area (Å²) in [6, 6.07) is -0.513. The van der Waals surface area contributed by atoms with Gasteiger partial charge in [0.05, 0.1) is 24.1 Å². The fourth-order valence-corrected chi connectivity index (χ4v) is 4.36. The van der Waals surface area contributed by atoms with E-state index in [9.17, 15) is 33.0 Å². The van der Waals surface area contributed by atoms with Crippen LogP contribution in [0.5, 0.6) is 0 Å². The Morgan fingerprint density at radius 3 is 2.71 bits per heavy atom. The highest BCUT2D eigenvalue weighted by molar-refractivity contribution is 7.10. The maximum atomic E-state index is 13.2. The number of aliphatic carboxylic acids is 1. The van der Waals surface area contributed by atoms with Gasteiger partial charge in [0.25, 0.3) is 0 Å². The van der Waals surface area contributed by atoms with E-state index in [1.54, 1.807) is 6.92 Å². The number of nitrogens with zero attached hydrogens (tertiary/aromatic N) is 3. The largest absolute Gasteiger partial charge is 0.478 e. The molecule has 1 aromatic heterocycles. The summed E-state index contributed by atoms with van der Waals surface area (Å²) in [6.07, 6.45) is -4.41. The van der Waals surface area contributed by atoms with Gasteiger partial charge in [-0.05, 0) is 31.4 Å². The number of aromatic nitrogens is 1. The number of amidine groups is 1. The monoisotopic (exact) mass is 515 g/mol. The van der Waals surface area contributed by atoms with Crippen LogP contribution in [0.4, 0.5) is 18.0 Å². The minimum Gasteiger partial charge on any atom is -0.478 e. The molecule has 190 valence electrons. The van der Waals surface area contributed by atoms with Gasteiger partial charge in [0.15, 0.2) is 11.6 Å². The minimum atomic E-state index is -4.64. The summed E-state index contributed by atoms with van der Waals surface area (Å²) in [5.74, 6) is -1.60. The quantitative estimate of drug-likeness (QED) is 0.458. The zero-order valence-electron chi connectivity index (χ0n) is 18.8. The molecule has 10 nitrogen and oxygen atoms in total. The third kappa shape index (κ3) is 6.66. The van der Waals surface area contributed by atoms with Crippen molar-refractivity contribution in [2.45, 2.75) is 39.0 Å². The van der Waals surface area contributed by atoms with Crippen LogP contribution < -0.4 is 10.6 Å². The van der Waals surface area contributed by atoms with Crippen LogP contribution in [0.3, 0.4) is 0 Å². The Bertz CT molecular complexity index is 1110. The second-order valence-corrected chi connectivity index (χ2v) is 8.67. The molecule has 0 radical (unpaired) electrons. The minimum absolute atomic E-state index is 0.0170. The third-order valence-electron chi connectivity index (χ3n) is 5.06. The van der Waals surface area contributed by atoms with Crippen molar-refractivity contribution in [3.63, 3.8) is 0 Å². The van der Waals surface area contributed by atoms with Crippen molar-refractivity contribution in [3.05, 3.63) is 33.4 Å². The van der Waals surface area contributed by atoms with Crippen molar-refractivity contribution in [2.75, 3.05) is 19.7 Å². The normalized spacial score (nSPS) is 19.4. The molecule has 0 bridgehead atoms. The van der Waals surface area contributed by atoms with Gasteiger partial charge in [-0.3, -0.25) is 10.3 Å². The fraction of sp³-hybridized carbons (Fsp3) is 0.476. The van der Waals surface area contributed by atoms with Crippen LogP contribution in [-0.2, 0) is 15.7 Å². The van der Waals surface area contributed by atoms with E-state index in [0.29, 0.717) is 17.7 Å². The predicted molar refractivity (Wildman–Crippen MR) is 122 cm³/mol. The van der Waals surface area contributed by atoms with E-state index in [4.69, 9.17) is 4.74 Å². The van der Waals surface area contributed by atoms with Crippen molar-refractivity contribution >= 4 is 40.6 Å². The van der Waals surface area contributed by atoms with Crippen molar-refractivity contribution < 1.29 is 37.7 Å². The summed E-state index contributed by atoms with van der Waals surface area (Å²) in [5, 5.41) is 25.2. The molecule has 2 aliphatic heterocycles. The van der Waals surface area contributed by atoms with Gasteiger partial charge in [0.2, 0.25) is 0 Å². The Morgan fingerprint density at radius 2 is 2.11 bits per heavy atom. The van der Waals surface area contributed by atoms with E-state index in [-0.39, 0.29) is 48.3 Å². The van der Waals surface area contributed by atoms with Crippen molar-refractivity contribution in [2.24, 2.45) is 15.9 Å². The number of carbonyl (C=O) groups excluding carboxylic acids is 1. The molecule has 0 aliphatic carbocycles. The molecule has 3 rings (SSSR count). The lowest BCUT2D eigenvalue weighted by Gasteiger charge is -2.29. The number of amides is 2. The van der Waals surface area contributed by atoms with Crippen LogP contribution in [0.15, 0.2) is 32.7 Å². The lowest BCUT2D eigenvalue weighted by atomic mass is 9.85. The molecule has 0 saturated carbocycles. The Hall–Kier alpha value is -3.26. The Labute approximate surface area is 202 Å². The van der Waals surface area contributed by atoms with Gasteiger partial charge in [-0.1, -0.05) is 0 Å². The molecule has 1 aromatic rings. The molecule has 35 heavy (non-hydrogen) atoms. The molecular formula is C21H24F3N5O5S. The van der Waals surface area contributed by atoms with Crippen LogP contribution in [0, 0.1) is 5.92 Å². The zero-order chi connectivity index (χ0) is 25.8. The third-order valence-corrected chi connectivity index (χ3v) is 5.96. The molecule has 14 heteroatoms. The van der Waals surface area contributed by atoms with Crippen LogP contribution in [-0.4, -0.2) is 64.7 Å². The van der Waals surface area contributed by atoms with Crippen molar-refractivity contribution in [1.82, 2.24) is 15.6 Å². The number of aliphatic imine (C=N–C) groups is 2. The van der Waals surface area contributed by atoms with Gasteiger partial charge in [-0.2, -0.15) is 13.2 Å². The zero-order valence-corrected chi connectivity index (χ0v) is 19.7. The molecule has 0 spiro atoms. The number of thiazole rings is 1. The standard InChI is InChI=1S/C21H24F3N5O5S/c1-3-25-20(33)29-16-5-13(18-28-15(9-35-18)21(22,23)24)14(7-26-16)12-4-11(19(31)32)6-27-17(12)34-8-10(2)30/h6,9-10,12,30H,3-5,7-8H2,1-2H3,(H,31,32)(H2,25,26,29,33). The van der Waals surface area contributed by atoms with E-state index in [0.717, 1.165) is 22.9 Å². The number of aliphatic hydroxyl groups is 1. The van der Waals surface area contributed by atoms with E-state index >= 15 is 0 Å². The van der Waals surface area contributed by atoms with E-state index in [2.05, 4.69) is 25.6 Å². The molecule has 4 N–H and O–H groups in total. The van der Waals surface area contributed by atoms with Crippen LogP contribution in [0.25, 0.3) is 5.57 Å². The first-order chi connectivity index (χ1) is 16.5. The van der Waals surface area contributed by atoms with Crippen LogP contribution >= 0.6 is 11.3 Å². The predicted octanol–water partition coefficient (Wildman–Crippen LogP) is 2.82. The highest BCUT2D eigenvalue weighted by atomic mass is 32.1. The first-order valence-electron chi connectivity index (χ1n) is 10.6. The average Bonchev–Trinajstić information content (AvgIpc) is 3.28. The maximum Gasteiger partial charge on any atom is 0.434 e. The number of ether oxygens (including phenoxy) is 1. The molecule has 2 aliphatic rings. The smallest absolute Gasteiger partial charge is 0.434 e. The summed E-state index contributed by atoms with van der Waals surface area (Å²) in [7, 11) is 0. The second kappa shape index (κ2) is 11.0. The lowest BCUT2D eigenvalue weighted by molar-refractivity contribution is -0.140. The number of carboxylic acids is 1. The highest BCUT2D eigenvalue weighted by Gasteiger charge is 2.37. The summed E-state index contributed by atoms with van der Waals surface area (Å²) in [6.45, 7) is 3.43. The first-order valence-corrected chi connectivity index (χ1v) is 11.5. The van der Waals surface area contributed by atoms with Gasteiger partial charge < -0.3 is 20.3 Å². The first kappa shape index (κ1) is 26.3. The molecular weight excluding hydrogens is 491 g/mol.